The van der Waals surface area contributed by atoms with Crippen molar-refractivity contribution in [2.24, 2.45) is 5.92 Å². The van der Waals surface area contributed by atoms with Gasteiger partial charge in [-0.3, -0.25) is 9.59 Å². The second-order valence-corrected chi connectivity index (χ2v) is 3.79. The van der Waals surface area contributed by atoms with Crippen LogP contribution in [0.5, 0.6) is 0 Å². The van der Waals surface area contributed by atoms with E-state index in [2.05, 4.69) is 10.6 Å². The highest BCUT2D eigenvalue weighted by Crippen LogP contribution is 2.02. The Kier molecular flexibility index (Phi) is 4.87. The summed E-state index contributed by atoms with van der Waals surface area (Å²) in [6.07, 6.45) is 6.03. The van der Waals surface area contributed by atoms with E-state index < -0.39 is 0 Å². The van der Waals surface area contributed by atoms with Crippen LogP contribution < -0.4 is 10.6 Å². The van der Waals surface area contributed by atoms with Crippen molar-refractivity contribution < 1.29 is 9.59 Å². The molecule has 2 N–H and O–H groups in total. The summed E-state index contributed by atoms with van der Waals surface area (Å²) in [7, 11) is 0. The Morgan fingerprint density at radius 2 is 1.73 bits per heavy atom. The predicted molar refractivity (Wildman–Crippen MR) is 58.2 cm³/mol. The minimum Gasteiger partial charge on any atom is -0.356 e. The smallest absolute Gasteiger partial charge is 0.223 e. The van der Waals surface area contributed by atoms with Crippen molar-refractivity contribution in [3.05, 3.63) is 12.2 Å². The number of carbonyl (C=O) groups is 2. The SMILES string of the molecule is C[C@@H]1CC(=O)NCC/C=C\CCNC1=O. The zero-order valence-electron chi connectivity index (χ0n) is 9.08. The fourth-order valence-electron chi connectivity index (χ4n) is 1.43. The summed E-state index contributed by atoms with van der Waals surface area (Å²) in [5, 5.41) is 5.58. The van der Waals surface area contributed by atoms with Crippen LogP contribution in [0.25, 0.3) is 0 Å². The first-order valence-electron chi connectivity index (χ1n) is 5.39. The summed E-state index contributed by atoms with van der Waals surface area (Å²) in [6, 6.07) is 0. The summed E-state index contributed by atoms with van der Waals surface area (Å²) in [6.45, 7) is 3.08. The van der Waals surface area contributed by atoms with Crippen LogP contribution in [0.3, 0.4) is 0 Å². The molecule has 2 amide bonds. The summed E-state index contributed by atoms with van der Waals surface area (Å²) in [5.41, 5.74) is 0. The third-order valence-electron chi connectivity index (χ3n) is 2.35. The molecule has 15 heavy (non-hydrogen) atoms. The van der Waals surface area contributed by atoms with E-state index in [0.29, 0.717) is 13.1 Å². The third-order valence-corrected chi connectivity index (χ3v) is 2.35. The standard InChI is InChI=1S/C11H18N2O2/c1-9-8-10(14)12-6-4-2-3-5-7-13-11(9)15/h2-3,9H,4-8H2,1H3,(H,12,14)(H,13,15)/b3-2-/t9-/m1/s1. The molecule has 0 radical (unpaired) electrons. The first-order chi connectivity index (χ1) is 7.20. The molecular weight excluding hydrogens is 192 g/mol. The highest BCUT2D eigenvalue weighted by molar-refractivity contribution is 5.85. The normalized spacial score (nSPS) is 26.9. The van der Waals surface area contributed by atoms with Gasteiger partial charge in [-0.05, 0) is 12.8 Å². The second kappa shape index (κ2) is 6.22. The topological polar surface area (TPSA) is 58.2 Å². The number of hydrogen-bond acceptors (Lipinski definition) is 2. The predicted octanol–water partition coefficient (Wildman–Crippen LogP) is 0.595. The molecule has 0 unspecified atom stereocenters. The van der Waals surface area contributed by atoms with Crippen molar-refractivity contribution in [3.63, 3.8) is 0 Å². The maximum absolute atomic E-state index is 11.5. The molecule has 0 fully saturated rings. The molecule has 1 rings (SSSR count). The number of carbonyl (C=O) groups excluding carboxylic acids is 2. The molecule has 1 atom stereocenters. The van der Waals surface area contributed by atoms with Gasteiger partial charge in [0.25, 0.3) is 0 Å². The maximum atomic E-state index is 11.5. The molecule has 4 heteroatoms. The van der Waals surface area contributed by atoms with Gasteiger partial charge in [-0.2, -0.15) is 0 Å². The van der Waals surface area contributed by atoms with Crippen LogP contribution >= 0.6 is 0 Å². The summed E-state index contributed by atoms with van der Waals surface area (Å²) >= 11 is 0. The molecule has 84 valence electrons. The zero-order valence-corrected chi connectivity index (χ0v) is 9.08. The number of amides is 2. The average Bonchev–Trinajstić information content (AvgIpc) is 2.19. The van der Waals surface area contributed by atoms with Crippen molar-refractivity contribution in [1.29, 1.82) is 0 Å². The van der Waals surface area contributed by atoms with Gasteiger partial charge in [0.1, 0.15) is 0 Å². The Bertz CT molecular complexity index is 261. The first kappa shape index (κ1) is 11.8. The molecule has 0 saturated carbocycles. The van der Waals surface area contributed by atoms with Crippen molar-refractivity contribution in [1.82, 2.24) is 10.6 Å². The second-order valence-electron chi connectivity index (χ2n) is 3.79. The largest absolute Gasteiger partial charge is 0.356 e. The van der Waals surface area contributed by atoms with Crippen LogP contribution in [0, 0.1) is 5.92 Å². The molecule has 1 aliphatic heterocycles. The number of rotatable bonds is 0. The van der Waals surface area contributed by atoms with Gasteiger partial charge in [0.05, 0.1) is 0 Å². The van der Waals surface area contributed by atoms with Gasteiger partial charge in [-0.25, -0.2) is 0 Å². The van der Waals surface area contributed by atoms with Crippen LogP contribution in [0.1, 0.15) is 26.2 Å². The van der Waals surface area contributed by atoms with Crippen LogP contribution in [0.4, 0.5) is 0 Å². The van der Waals surface area contributed by atoms with E-state index in [0.717, 1.165) is 12.8 Å². The molecule has 0 spiro atoms. The van der Waals surface area contributed by atoms with Gasteiger partial charge in [0.2, 0.25) is 11.8 Å². The fourth-order valence-corrected chi connectivity index (χ4v) is 1.43. The third kappa shape index (κ3) is 4.63. The molecule has 1 aliphatic rings. The number of nitrogens with one attached hydrogen (secondary N) is 2. The van der Waals surface area contributed by atoms with Gasteiger partial charge in [0, 0.05) is 25.4 Å². The van der Waals surface area contributed by atoms with E-state index in [4.69, 9.17) is 0 Å². The van der Waals surface area contributed by atoms with Crippen molar-refractivity contribution in [2.75, 3.05) is 13.1 Å². The van der Waals surface area contributed by atoms with E-state index in [1.54, 1.807) is 6.92 Å². The Morgan fingerprint density at radius 3 is 2.40 bits per heavy atom. The molecule has 1 heterocycles. The Hall–Kier alpha value is -1.32. The summed E-state index contributed by atoms with van der Waals surface area (Å²) < 4.78 is 0. The molecule has 0 aromatic heterocycles. The van der Waals surface area contributed by atoms with E-state index in [-0.39, 0.29) is 24.2 Å². The Morgan fingerprint density at radius 1 is 1.13 bits per heavy atom. The van der Waals surface area contributed by atoms with Gasteiger partial charge in [-0.15, -0.1) is 0 Å². The minimum absolute atomic E-state index is 0.0425. The fraction of sp³-hybridized carbons (Fsp3) is 0.636. The zero-order chi connectivity index (χ0) is 11.1. The highest BCUT2D eigenvalue weighted by atomic mass is 16.2. The van der Waals surface area contributed by atoms with Crippen LogP contribution in [-0.4, -0.2) is 24.9 Å². The molecule has 0 aliphatic carbocycles. The van der Waals surface area contributed by atoms with E-state index in [1.165, 1.54) is 0 Å². The van der Waals surface area contributed by atoms with Crippen LogP contribution in [0.2, 0.25) is 0 Å². The summed E-state index contributed by atoms with van der Waals surface area (Å²) in [4.78, 5) is 22.8. The molecule has 0 aromatic rings. The van der Waals surface area contributed by atoms with Crippen molar-refractivity contribution in [3.8, 4) is 0 Å². The minimum atomic E-state index is -0.242. The lowest BCUT2D eigenvalue weighted by atomic mass is 10.1. The monoisotopic (exact) mass is 210 g/mol. The van der Waals surface area contributed by atoms with Crippen LogP contribution in [-0.2, 0) is 9.59 Å². The lowest BCUT2D eigenvalue weighted by Crippen LogP contribution is -2.34. The Balaban J connectivity index is 2.50. The lowest BCUT2D eigenvalue weighted by molar-refractivity contribution is -0.129. The van der Waals surface area contributed by atoms with E-state index in [1.807, 2.05) is 12.2 Å². The molecule has 0 bridgehead atoms. The average molecular weight is 210 g/mol. The van der Waals surface area contributed by atoms with Gasteiger partial charge < -0.3 is 10.6 Å². The Labute approximate surface area is 90.1 Å². The van der Waals surface area contributed by atoms with Crippen molar-refractivity contribution >= 4 is 11.8 Å². The van der Waals surface area contributed by atoms with E-state index >= 15 is 0 Å². The molecule has 4 nitrogen and oxygen atoms in total. The number of hydrogen-bond donors (Lipinski definition) is 2. The molecule has 0 saturated heterocycles. The first-order valence-corrected chi connectivity index (χ1v) is 5.39. The van der Waals surface area contributed by atoms with Crippen LogP contribution in [0.15, 0.2) is 12.2 Å². The molecular formula is C11H18N2O2. The quantitative estimate of drug-likeness (QED) is 0.575. The summed E-state index contributed by atoms with van der Waals surface area (Å²) in [5.74, 6) is -0.334. The van der Waals surface area contributed by atoms with E-state index in [9.17, 15) is 9.59 Å². The lowest BCUT2D eigenvalue weighted by Gasteiger charge is -2.12. The van der Waals surface area contributed by atoms with Gasteiger partial charge in [0.15, 0.2) is 0 Å². The maximum Gasteiger partial charge on any atom is 0.223 e. The molecule has 0 aromatic carbocycles. The van der Waals surface area contributed by atoms with Gasteiger partial charge >= 0.3 is 0 Å². The highest BCUT2D eigenvalue weighted by Gasteiger charge is 2.16. The van der Waals surface area contributed by atoms with Gasteiger partial charge in [-0.1, -0.05) is 19.1 Å². The van der Waals surface area contributed by atoms with Crippen molar-refractivity contribution in [2.45, 2.75) is 26.2 Å².